The Morgan fingerprint density at radius 1 is 1.05 bits per heavy atom. The van der Waals surface area contributed by atoms with E-state index in [2.05, 4.69) is 17.6 Å². The van der Waals surface area contributed by atoms with Crippen molar-refractivity contribution in [3.05, 3.63) is 58.1 Å². The molecule has 0 fully saturated rings. The third-order valence-electron chi connectivity index (χ3n) is 2.89. The van der Waals surface area contributed by atoms with Gasteiger partial charge in [-0.2, -0.15) is 0 Å². The highest BCUT2D eigenvalue weighted by atomic mass is 35.5. The molecule has 0 radical (unpaired) electrons. The fourth-order valence-electron chi connectivity index (χ4n) is 1.85. The van der Waals surface area contributed by atoms with Crippen LogP contribution < -0.4 is 10.6 Å². The molecule has 2 N–H and O–H groups in total. The van der Waals surface area contributed by atoms with Crippen LogP contribution in [0.15, 0.2) is 42.5 Å². The van der Waals surface area contributed by atoms with E-state index in [0.29, 0.717) is 21.3 Å². The molecule has 0 bridgehead atoms. The van der Waals surface area contributed by atoms with E-state index in [4.69, 9.17) is 23.2 Å². The summed E-state index contributed by atoms with van der Waals surface area (Å²) in [6.45, 7) is 2.86. The molecule has 2 rings (SSSR count). The molecule has 0 aliphatic rings. The summed E-state index contributed by atoms with van der Waals surface area (Å²) in [5.74, 6) is -0.210. The molecule has 0 heterocycles. The van der Waals surface area contributed by atoms with Crippen molar-refractivity contribution in [2.75, 3.05) is 17.2 Å². The number of hydrogen-bond acceptors (Lipinski definition) is 2. The first kappa shape index (κ1) is 15.7. The van der Waals surface area contributed by atoms with Crippen molar-refractivity contribution in [3.63, 3.8) is 0 Å². The fraction of sp³-hybridized carbons (Fsp3) is 0.188. The molecule has 110 valence electrons. The highest BCUT2D eigenvalue weighted by molar-refractivity contribution is 6.31. The largest absolute Gasteiger partial charge is 0.384 e. The van der Waals surface area contributed by atoms with Crippen LogP contribution in [0, 0.1) is 0 Å². The topological polar surface area (TPSA) is 41.1 Å². The van der Waals surface area contributed by atoms with Gasteiger partial charge in [-0.3, -0.25) is 4.79 Å². The van der Waals surface area contributed by atoms with E-state index >= 15 is 0 Å². The van der Waals surface area contributed by atoms with Gasteiger partial charge < -0.3 is 10.6 Å². The fourth-order valence-corrected chi connectivity index (χ4v) is 2.15. The Hall–Kier alpha value is -1.71. The van der Waals surface area contributed by atoms with Crippen LogP contribution in [-0.2, 0) is 0 Å². The Bertz CT molecular complexity index is 627. The Morgan fingerprint density at radius 3 is 2.38 bits per heavy atom. The first-order valence-electron chi connectivity index (χ1n) is 6.70. The first-order valence-corrected chi connectivity index (χ1v) is 7.46. The number of amides is 1. The lowest BCUT2D eigenvalue weighted by atomic mass is 10.1. The Labute approximate surface area is 134 Å². The van der Waals surface area contributed by atoms with Gasteiger partial charge in [0.15, 0.2) is 0 Å². The van der Waals surface area contributed by atoms with E-state index in [9.17, 15) is 4.79 Å². The molecule has 0 aromatic heterocycles. The number of hydrogen-bond donors (Lipinski definition) is 2. The third kappa shape index (κ3) is 4.38. The molecule has 2 aromatic carbocycles. The standard InChI is InChI=1S/C16H16Cl2N2O/c1-2-9-19-15-8-5-12(18)10-14(15)16(21)20-13-6-3-11(17)4-7-13/h3-8,10,19H,2,9H2,1H3,(H,20,21). The number of anilines is 2. The van der Waals surface area contributed by atoms with Crippen LogP contribution in [0.25, 0.3) is 0 Å². The van der Waals surface area contributed by atoms with Gasteiger partial charge in [-0.05, 0) is 48.9 Å². The van der Waals surface area contributed by atoms with Crippen LogP contribution in [0.1, 0.15) is 23.7 Å². The third-order valence-corrected chi connectivity index (χ3v) is 3.38. The van der Waals surface area contributed by atoms with Crippen LogP contribution >= 0.6 is 23.2 Å². The van der Waals surface area contributed by atoms with Gasteiger partial charge >= 0.3 is 0 Å². The SMILES string of the molecule is CCCNc1ccc(Cl)cc1C(=O)Nc1ccc(Cl)cc1. The van der Waals surface area contributed by atoms with E-state index in [-0.39, 0.29) is 5.91 Å². The predicted octanol–water partition coefficient (Wildman–Crippen LogP) is 5.07. The number of halogens is 2. The monoisotopic (exact) mass is 322 g/mol. The highest BCUT2D eigenvalue weighted by Crippen LogP contribution is 2.22. The molecule has 0 spiro atoms. The molecule has 5 heteroatoms. The second-order valence-electron chi connectivity index (χ2n) is 4.58. The molecular formula is C16H16Cl2N2O. The van der Waals surface area contributed by atoms with Gasteiger partial charge in [-0.25, -0.2) is 0 Å². The van der Waals surface area contributed by atoms with Gasteiger partial charge in [0.1, 0.15) is 0 Å². The molecule has 1 amide bonds. The zero-order valence-corrected chi connectivity index (χ0v) is 13.1. The van der Waals surface area contributed by atoms with Gasteiger partial charge in [0, 0.05) is 28.0 Å². The minimum atomic E-state index is -0.210. The zero-order valence-electron chi connectivity index (χ0n) is 11.6. The molecule has 2 aromatic rings. The summed E-state index contributed by atoms with van der Waals surface area (Å²) in [6, 6.07) is 12.2. The first-order chi connectivity index (χ1) is 10.1. The van der Waals surface area contributed by atoms with Crippen molar-refractivity contribution >= 4 is 40.5 Å². The van der Waals surface area contributed by atoms with Crippen molar-refractivity contribution < 1.29 is 4.79 Å². The molecule has 0 aliphatic heterocycles. The molecule has 0 aliphatic carbocycles. The van der Waals surface area contributed by atoms with E-state index in [1.807, 2.05) is 6.07 Å². The van der Waals surface area contributed by atoms with Crippen LogP contribution in [0.3, 0.4) is 0 Å². The Balaban J connectivity index is 2.20. The quantitative estimate of drug-likeness (QED) is 0.807. The molecule has 0 saturated carbocycles. The summed E-state index contributed by atoms with van der Waals surface area (Å²) in [6.07, 6.45) is 0.973. The van der Waals surface area contributed by atoms with E-state index in [0.717, 1.165) is 18.7 Å². The van der Waals surface area contributed by atoms with Crippen molar-refractivity contribution in [2.24, 2.45) is 0 Å². The predicted molar refractivity (Wildman–Crippen MR) is 89.6 cm³/mol. The van der Waals surface area contributed by atoms with E-state index < -0.39 is 0 Å². The van der Waals surface area contributed by atoms with Crippen LogP contribution in [-0.4, -0.2) is 12.5 Å². The van der Waals surface area contributed by atoms with Gasteiger partial charge in [-0.15, -0.1) is 0 Å². The maximum atomic E-state index is 12.4. The summed E-state index contributed by atoms with van der Waals surface area (Å²) in [5, 5.41) is 7.21. The number of nitrogens with one attached hydrogen (secondary N) is 2. The number of carbonyl (C=O) groups excluding carboxylic acids is 1. The van der Waals surface area contributed by atoms with Gasteiger partial charge in [-0.1, -0.05) is 30.1 Å². The molecule has 0 saturated heterocycles. The molecular weight excluding hydrogens is 307 g/mol. The summed E-state index contributed by atoms with van der Waals surface area (Å²) in [7, 11) is 0. The van der Waals surface area contributed by atoms with Crippen LogP contribution in [0.2, 0.25) is 10.0 Å². The molecule has 0 unspecified atom stereocenters. The second-order valence-corrected chi connectivity index (χ2v) is 5.45. The van der Waals surface area contributed by atoms with Crippen LogP contribution in [0.5, 0.6) is 0 Å². The van der Waals surface area contributed by atoms with Crippen molar-refractivity contribution in [1.29, 1.82) is 0 Å². The van der Waals surface area contributed by atoms with Crippen molar-refractivity contribution in [3.8, 4) is 0 Å². The lowest BCUT2D eigenvalue weighted by molar-refractivity contribution is 0.102. The molecule has 0 atom stereocenters. The number of rotatable bonds is 5. The molecule has 21 heavy (non-hydrogen) atoms. The Morgan fingerprint density at radius 2 is 1.71 bits per heavy atom. The zero-order chi connectivity index (χ0) is 15.2. The minimum Gasteiger partial charge on any atom is -0.384 e. The van der Waals surface area contributed by atoms with Gasteiger partial charge in [0.2, 0.25) is 0 Å². The smallest absolute Gasteiger partial charge is 0.257 e. The highest BCUT2D eigenvalue weighted by Gasteiger charge is 2.12. The lowest BCUT2D eigenvalue weighted by Gasteiger charge is -2.12. The summed E-state index contributed by atoms with van der Waals surface area (Å²) < 4.78 is 0. The Kier molecular flexibility index (Phi) is 5.48. The summed E-state index contributed by atoms with van der Waals surface area (Å²) in [5.41, 5.74) is 1.98. The van der Waals surface area contributed by atoms with Gasteiger partial charge in [0.05, 0.1) is 5.56 Å². The van der Waals surface area contributed by atoms with Crippen LogP contribution in [0.4, 0.5) is 11.4 Å². The number of benzene rings is 2. The normalized spacial score (nSPS) is 10.2. The van der Waals surface area contributed by atoms with Gasteiger partial charge in [0.25, 0.3) is 5.91 Å². The van der Waals surface area contributed by atoms with E-state index in [1.54, 1.807) is 36.4 Å². The maximum absolute atomic E-state index is 12.4. The lowest BCUT2D eigenvalue weighted by Crippen LogP contribution is -2.15. The summed E-state index contributed by atoms with van der Waals surface area (Å²) >= 11 is 11.8. The molecule has 3 nitrogen and oxygen atoms in total. The summed E-state index contributed by atoms with van der Waals surface area (Å²) in [4.78, 5) is 12.4. The average Bonchev–Trinajstić information content (AvgIpc) is 2.48. The second kappa shape index (κ2) is 7.34. The average molecular weight is 323 g/mol. The minimum absolute atomic E-state index is 0.210. The maximum Gasteiger partial charge on any atom is 0.257 e. The van der Waals surface area contributed by atoms with Crippen molar-refractivity contribution in [2.45, 2.75) is 13.3 Å². The number of carbonyl (C=O) groups is 1. The van der Waals surface area contributed by atoms with E-state index in [1.165, 1.54) is 0 Å². The van der Waals surface area contributed by atoms with Crippen molar-refractivity contribution in [1.82, 2.24) is 0 Å².